The summed E-state index contributed by atoms with van der Waals surface area (Å²) in [6, 6.07) is 3.47. The van der Waals surface area contributed by atoms with Crippen molar-refractivity contribution in [2.75, 3.05) is 37.7 Å². The summed E-state index contributed by atoms with van der Waals surface area (Å²) in [5, 5.41) is 3.59. The summed E-state index contributed by atoms with van der Waals surface area (Å²) < 4.78 is 5.74. The highest BCUT2D eigenvalue weighted by molar-refractivity contribution is 6.31. The summed E-state index contributed by atoms with van der Waals surface area (Å²) in [4.78, 5) is 28.8. The van der Waals surface area contributed by atoms with Crippen LogP contribution >= 0.6 is 11.6 Å². The van der Waals surface area contributed by atoms with E-state index in [2.05, 4.69) is 10.2 Å². The summed E-state index contributed by atoms with van der Waals surface area (Å²) >= 11 is 6.22. The van der Waals surface area contributed by atoms with Crippen LogP contribution in [0.1, 0.15) is 30.1 Å². The number of nitrogens with one attached hydrogen (secondary N) is 1. The van der Waals surface area contributed by atoms with Crippen LogP contribution in [0, 0.1) is 5.92 Å². The molecule has 5 rings (SSSR count). The zero-order valence-electron chi connectivity index (χ0n) is 14.3. The number of amides is 2. The third-order valence-corrected chi connectivity index (χ3v) is 5.70. The van der Waals surface area contributed by atoms with Gasteiger partial charge in [-0.2, -0.15) is 0 Å². The highest BCUT2D eigenvalue weighted by Gasteiger charge is 2.36. The van der Waals surface area contributed by atoms with Crippen molar-refractivity contribution in [3.63, 3.8) is 0 Å². The van der Waals surface area contributed by atoms with Gasteiger partial charge in [-0.15, -0.1) is 0 Å². The van der Waals surface area contributed by atoms with Crippen LogP contribution in [0.2, 0.25) is 5.02 Å². The molecule has 0 aromatic heterocycles. The largest absolute Gasteiger partial charge is 0.489 e. The molecule has 2 amide bonds. The van der Waals surface area contributed by atoms with Gasteiger partial charge in [0, 0.05) is 24.5 Å². The number of nitrogens with zero attached hydrogens (tertiary/aromatic N) is 2. The molecule has 0 saturated carbocycles. The quantitative estimate of drug-likeness (QED) is 0.872. The predicted molar refractivity (Wildman–Crippen MR) is 95.4 cm³/mol. The molecule has 7 heteroatoms. The molecular weight excluding hydrogens is 342 g/mol. The summed E-state index contributed by atoms with van der Waals surface area (Å²) in [6.07, 6.45) is 2.26. The lowest BCUT2D eigenvalue weighted by Gasteiger charge is -2.45. The zero-order valence-corrected chi connectivity index (χ0v) is 15.0. The molecule has 3 saturated heterocycles. The monoisotopic (exact) mass is 363 g/mol. The van der Waals surface area contributed by atoms with Gasteiger partial charge in [0.05, 0.1) is 17.8 Å². The maximum absolute atomic E-state index is 12.9. The second-order valence-corrected chi connectivity index (χ2v) is 7.48. The molecule has 134 valence electrons. The molecule has 0 radical (unpaired) electrons. The molecule has 25 heavy (non-hydrogen) atoms. The van der Waals surface area contributed by atoms with Crippen molar-refractivity contribution in [1.82, 2.24) is 10.2 Å². The summed E-state index contributed by atoms with van der Waals surface area (Å²) in [5.74, 6) is 0.724. The number of fused-ring (bicyclic) bond motifs is 4. The number of hydrogen-bond donors (Lipinski definition) is 1. The number of benzene rings is 1. The van der Waals surface area contributed by atoms with Gasteiger partial charge in [-0.3, -0.25) is 9.59 Å². The Morgan fingerprint density at radius 1 is 1.24 bits per heavy atom. The normalized spacial score (nSPS) is 27.4. The van der Waals surface area contributed by atoms with Crippen molar-refractivity contribution >= 4 is 29.1 Å². The van der Waals surface area contributed by atoms with Crippen molar-refractivity contribution in [3.05, 3.63) is 22.7 Å². The van der Waals surface area contributed by atoms with Gasteiger partial charge in [-0.1, -0.05) is 11.6 Å². The second kappa shape index (κ2) is 6.50. The Hall–Kier alpha value is -1.79. The van der Waals surface area contributed by atoms with E-state index in [1.54, 1.807) is 17.0 Å². The maximum atomic E-state index is 12.9. The maximum Gasteiger partial charge on any atom is 0.255 e. The molecule has 3 fully saturated rings. The first-order chi connectivity index (χ1) is 12.0. The fourth-order valence-electron chi connectivity index (χ4n) is 4.16. The Balaban J connectivity index is 1.61. The fourth-order valence-corrected chi connectivity index (χ4v) is 4.37. The first-order valence-corrected chi connectivity index (χ1v) is 9.18. The molecule has 6 nitrogen and oxygen atoms in total. The van der Waals surface area contributed by atoms with E-state index >= 15 is 0 Å². The van der Waals surface area contributed by atoms with Gasteiger partial charge in [0.1, 0.15) is 6.61 Å². The molecule has 1 unspecified atom stereocenters. The number of carbonyl (C=O) groups is 2. The van der Waals surface area contributed by atoms with Gasteiger partial charge in [-0.05, 0) is 44.0 Å². The van der Waals surface area contributed by atoms with E-state index in [-0.39, 0.29) is 17.9 Å². The molecular formula is C18H22ClN3O3. The minimum atomic E-state index is -0.178. The number of ether oxygens (including phenoxy) is 1. The van der Waals surface area contributed by atoms with E-state index in [0.29, 0.717) is 41.1 Å². The average Bonchev–Trinajstić information content (AvgIpc) is 2.61. The lowest BCUT2D eigenvalue weighted by Crippen LogP contribution is -2.57. The highest BCUT2D eigenvalue weighted by Crippen LogP contribution is 2.38. The van der Waals surface area contributed by atoms with Crippen LogP contribution in [-0.4, -0.2) is 55.5 Å². The van der Waals surface area contributed by atoms with Crippen molar-refractivity contribution in [2.24, 2.45) is 5.92 Å². The number of rotatable bonds is 2. The molecule has 4 aliphatic heterocycles. The smallest absolute Gasteiger partial charge is 0.255 e. The predicted octanol–water partition coefficient (Wildman–Crippen LogP) is 1.91. The van der Waals surface area contributed by atoms with E-state index in [9.17, 15) is 9.59 Å². The SMILES string of the molecule is CC(=O)N1CCOc2c(C(=O)NC3CN4CCC3CC4)cc(Cl)cc21. The van der Waals surface area contributed by atoms with Crippen LogP contribution in [0.3, 0.4) is 0 Å². The standard InChI is InChI=1S/C18H22ClN3O3/c1-11(23)22-6-7-25-17-14(8-13(19)9-16(17)22)18(24)20-15-10-21-4-2-12(15)3-5-21/h8-9,12,15H,2-7,10H2,1H3,(H,20,24). The number of anilines is 1. The first kappa shape index (κ1) is 16.7. The summed E-state index contributed by atoms with van der Waals surface area (Å²) in [7, 11) is 0. The molecule has 1 aromatic carbocycles. The fraction of sp³-hybridized carbons (Fsp3) is 0.556. The van der Waals surface area contributed by atoms with Gasteiger partial charge in [0.25, 0.3) is 5.91 Å². The van der Waals surface area contributed by atoms with E-state index in [4.69, 9.17) is 16.3 Å². The van der Waals surface area contributed by atoms with Crippen LogP contribution in [0.5, 0.6) is 5.75 Å². The molecule has 1 aromatic rings. The Morgan fingerprint density at radius 2 is 2.00 bits per heavy atom. The van der Waals surface area contributed by atoms with Crippen LogP contribution in [0.25, 0.3) is 0 Å². The van der Waals surface area contributed by atoms with Gasteiger partial charge < -0.3 is 19.9 Å². The Bertz CT molecular complexity index is 716. The van der Waals surface area contributed by atoms with E-state index < -0.39 is 0 Å². The first-order valence-electron chi connectivity index (χ1n) is 8.80. The zero-order chi connectivity index (χ0) is 17.6. The topological polar surface area (TPSA) is 61.9 Å². The van der Waals surface area contributed by atoms with Gasteiger partial charge in [0.15, 0.2) is 5.75 Å². The van der Waals surface area contributed by atoms with Crippen LogP contribution < -0.4 is 15.0 Å². The number of carbonyl (C=O) groups excluding carboxylic acids is 2. The van der Waals surface area contributed by atoms with Gasteiger partial charge in [0.2, 0.25) is 5.91 Å². The average molecular weight is 364 g/mol. The number of piperidine rings is 3. The molecule has 0 aliphatic carbocycles. The molecule has 4 aliphatic rings. The van der Waals surface area contributed by atoms with Crippen molar-refractivity contribution in [3.8, 4) is 5.75 Å². The molecule has 2 bridgehead atoms. The van der Waals surface area contributed by atoms with Crippen molar-refractivity contribution < 1.29 is 14.3 Å². The summed E-state index contributed by atoms with van der Waals surface area (Å²) in [6.45, 7) is 5.49. The van der Waals surface area contributed by atoms with E-state index in [0.717, 1.165) is 32.5 Å². The third kappa shape index (κ3) is 3.09. The van der Waals surface area contributed by atoms with Crippen LogP contribution in [-0.2, 0) is 4.79 Å². The van der Waals surface area contributed by atoms with Gasteiger partial charge >= 0.3 is 0 Å². The number of hydrogen-bond acceptors (Lipinski definition) is 4. The summed E-state index contributed by atoms with van der Waals surface area (Å²) in [5.41, 5.74) is 0.982. The van der Waals surface area contributed by atoms with Gasteiger partial charge in [-0.25, -0.2) is 0 Å². The van der Waals surface area contributed by atoms with E-state index in [1.807, 2.05) is 0 Å². The Kier molecular flexibility index (Phi) is 4.33. The molecule has 1 N–H and O–H groups in total. The van der Waals surface area contributed by atoms with E-state index in [1.165, 1.54) is 6.92 Å². The minimum Gasteiger partial charge on any atom is -0.489 e. The number of halogens is 1. The third-order valence-electron chi connectivity index (χ3n) is 5.48. The van der Waals surface area contributed by atoms with Crippen LogP contribution in [0.15, 0.2) is 12.1 Å². The Morgan fingerprint density at radius 3 is 2.64 bits per heavy atom. The molecule has 0 spiro atoms. The van der Waals surface area contributed by atoms with Crippen molar-refractivity contribution in [1.29, 1.82) is 0 Å². The Labute approximate surface area is 152 Å². The molecule has 4 heterocycles. The van der Waals surface area contributed by atoms with Crippen molar-refractivity contribution in [2.45, 2.75) is 25.8 Å². The molecule has 1 atom stereocenters. The lowest BCUT2D eigenvalue weighted by molar-refractivity contribution is -0.116. The lowest BCUT2D eigenvalue weighted by atomic mass is 9.84. The van der Waals surface area contributed by atoms with Crippen LogP contribution in [0.4, 0.5) is 5.69 Å². The minimum absolute atomic E-state index is 0.0874. The highest BCUT2D eigenvalue weighted by atomic mass is 35.5. The second-order valence-electron chi connectivity index (χ2n) is 7.04.